The van der Waals surface area contributed by atoms with Gasteiger partial charge in [0.05, 0.1) is 11.5 Å². The Hall–Kier alpha value is -0.570. The van der Waals surface area contributed by atoms with Crippen LogP contribution in [0, 0.1) is 51.8 Å². The highest BCUT2D eigenvalue weighted by Gasteiger charge is 2.80. The molecule has 1 saturated heterocycles. The molecule has 1 aliphatic heterocycles. The third-order valence-corrected chi connectivity index (χ3v) is 12.1. The lowest BCUT2D eigenvalue weighted by Gasteiger charge is -2.61. The van der Waals surface area contributed by atoms with Crippen molar-refractivity contribution in [1.29, 1.82) is 0 Å². The van der Waals surface area contributed by atoms with E-state index in [4.69, 9.17) is 9.47 Å². The lowest BCUT2D eigenvalue weighted by Crippen LogP contribution is -2.59. The zero-order chi connectivity index (χ0) is 25.4. The smallest absolute Gasteiger partial charge is 0.311 e. The summed E-state index contributed by atoms with van der Waals surface area (Å²) in [6.45, 7) is 18.4. The third-order valence-electron chi connectivity index (χ3n) is 12.1. The van der Waals surface area contributed by atoms with Crippen LogP contribution in [-0.2, 0) is 14.3 Å². The molecule has 3 nitrogen and oxygen atoms in total. The minimum Gasteiger partial charge on any atom is -0.462 e. The minimum atomic E-state index is -0.408. The van der Waals surface area contributed by atoms with Crippen molar-refractivity contribution in [2.75, 3.05) is 0 Å². The summed E-state index contributed by atoms with van der Waals surface area (Å²) in [6, 6.07) is 0. The number of hydrogen-bond donors (Lipinski definition) is 0. The molecule has 10 atom stereocenters. The summed E-state index contributed by atoms with van der Waals surface area (Å²) in [5, 5.41) is 0. The summed E-state index contributed by atoms with van der Waals surface area (Å²) in [7, 11) is 0. The van der Waals surface area contributed by atoms with Gasteiger partial charge in [0.1, 0.15) is 11.7 Å². The maximum atomic E-state index is 12.6. The summed E-state index contributed by atoms with van der Waals surface area (Å²) in [5.41, 5.74) is 0.533. The lowest BCUT2D eigenvalue weighted by atomic mass is 9.44. The number of ether oxygens (including phenoxy) is 2. The molecule has 5 fully saturated rings. The molecule has 4 saturated carbocycles. The molecular formula is C32H54O3. The summed E-state index contributed by atoms with van der Waals surface area (Å²) < 4.78 is 12.8. The van der Waals surface area contributed by atoms with Crippen LogP contribution in [0.2, 0.25) is 0 Å². The van der Waals surface area contributed by atoms with Crippen molar-refractivity contribution < 1.29 is 14.3 Å². The maximum Gasteiger partial charge on any atom is 0.311 e. The first-order valence-electron chi connectivity index (χ1n) is 15.2. The first kappa shape index (κ1) is 26.1. The van der Waals surface area contributed by atoms with Crippen LogP contribution in [0.5, 0.6) is 0 Å². The quantitative estimate of drug-likeness (QED) is 0.280. The molecule has 0 aromatic carbocycles. The van der Waals surface area contributed by atoms with Crippen LogP contribution in [0.15, 0.2) is 0 Å². The molecule has 0 bridgehead atoms. The van der Waals surface area contributed by atoms with Crippen molar-refractivity contribution in [3.63, 3.8) is 0 Å². The number of rotatable bonds is 6. The van der Waals surface area contributed by atoms with Crippen molar-refractivity contribution in [3.05, 3.63) is 0 Å². The van der Waals surface area contributed by atoms with Gasteiger partial charge in [0, 0.05) is 5.41 Å². The van der Waals surface area contributed by atoms with Crippen molar-refractivity contribution in [2.24, 2.45) is 51.8 Å². The third kappa shape index (κ3) is 4.04. The number of hydrogen-bond acceptors (Lipinski definition) is 3. The molecule has 1 spiro atoms. The summed E-state index contributed by atoms with van der Waals surface area (Å²) in [6.07, 6.45) is 14.8. The van der Waals surface area contributed by atoms with Crippen molar-refractivity contribution in [2.45, 2.75) is 144 Å². The van der Waals surface area contributed by atoms with E-state index in [1.807, 2.05) is 20.8 Å². The van der Waals surface area contributed by atoms with E-state index < -0.39 is 5.41 Å². The first-order chi connectivity index (χ1) is 16.3. The van der Waals surface area contributed by atoms with Crippen molar-refractivity contribution >= 4 is 5.97 Å². The largest absolute Gasteiger partial charge is 0.462 e. The first-order valence-corrected chi connectivity index (χ1v) is 15.2. The standard InChI is InChI=1S/C32H54O3/c1-20(2)10-9-11-21(3)26-19-27-32(35-27)25-13-12-22-18-23(34-28(33)29(4,5)6)14-16-30(22,7)24(25)15-17-31(26,32)8/h20-27H,9-19H2,1-8H3/t21-,22?,23+,24+,25-,26-,27+,30+,31-,32+/m1/s1. The highest BCUT2D eigenvalue weighted by Crippen LogP contribution is 2.77. The second-order valence-electron chi connectivity index (χ2n) is 15.5. The number of carbonyl (C=O) groups is 1. The number of carbonyl (C=O) groups excluding carboxylic acids is 1. The van der Waals surface area contributed by atoms with E-state index in [-0.39, 0.29) is 17.7 Å². The Bertz CT molecular complexity index is 812. The predicted molar refractivity (Wildman–Crippen MR) is 142 cm³/mol. The Morgan fingerprint density at radius 1 is 0.971 bits per heavy atom. The van der Waals surface area contributed by atoms with Gasteiger partial charge in [0.25, 0.3) is 0 Å². The van der Waals surface area contributed by atoms with Crippen LogP contribution < -0.4 is 0 Å². The normalized spacial score (nSPS) is 47.3. The average molecular weight is 487 g/mol. The van der Waals surface area contributed by atoms with E-state index in [9.17, 15) is 4.79 Å². The van der Waals surface area contributed by atoms with Gasteiger partial charge < -0.3 is 9.47 Å². The van der Waals surface area contributed by atoms with E-state index in [1.165, 1.54) is 57.8 Å². The molecule has 200 valence electrons. The van der Waals surface area contributed by atoms with Crippen LogP contribution in [0.25, 0.3) is 0 Å². The number of fused-ring (bicyclic) bond motifs is 3. The fourth-order valence-electron chi connectivity index (χ4n) is 10.0. The molecule has 5 aliphatic rings. The van der Waals surface area contributed by atoms with E-state index in [0.29, 0.717) is 22.9 Å². The van der Waals surface area contributed by atoms with Crippen LogP contribution in [-0.4, -0.2) is 23.8 Å². The van der Waals surface area contributed by atoms with Crippen LogP contribution in [0.4, 0.5) is 0 Å². The Morgan fingerprint density at radius 3 is 2.40 bits per heavy atom. The van der Waals surface area contributed by atoms with Gasteiger partial charge in [-0.05, 0) is 113 Å². The Kier molecular flexibility index (Phi) is 6.50. The maximum absolute atomic E-state index is 12.6. The highest BCUT2D eigenvalue weighted by atomic mass is 16.6. The van der Waals surface area contributed by atoms with Gasteiger partial charge in [-0.25, -0.2) is 0 Å². The van der Waals surface area contributed by atoms with E-state index in [0.717, 1.165) is 42.4 Å². The molecule has 0 aromatic heterocycles. The van der Waals surface area contributed by atoms with Gasteiger partial charge in [-0.2, -0.15) is 0 Å². The molecule has 5 rings (SSSR count). The molecule has 0 radical (unpaired) electrons. The van der Waals surface area contributed by atoms with E-state index in [1.54, 1.807) is 0 Å². The van der Waals surface area contributed by atoms with Gasteiger partial charge in [0.15, 0.2) is 0 Å². The summed E-state index contributed by atoms with van der Waals surface area (Å²) >= 11 is 0. The lowest BCUT2D eigenvalue weighted by molar-refractivity contribution is -0.174. The second kappa shape index (κ2) is 8.74. The Labute approximate surface area is 215 Å². The van der Waals surface area contributed by atoms with Crippen LogP contribution in [0.1, 0.15) is 126 Å². The zero-order valence-electron chi connectivity index (χ0n) is 24.1. The molecule has 0 N–H and O–H groups in total. The van der Waals surface area contributed by atoms with Gasteiger partial charge in [-0.1, -0.05) is 53.9 Å². The SMILES string of the molecule is CC(C)CCC[C@@H](C)[C@H]1C[C@@H]2O[C@@]23[C@@H]2CCC4C[C@@H](OC(=O)C(C)(C)C)CC[C@]4(C)[C@H]2CC[C@]13C. The monoisotopic (exact) mass is 486 g/mol. The topological polar surface area (TPSA) is 38.8 Å². The molecule has 3 heteroatoms. The van der Waals surface area contributed by atoms with Crippen LogP contribution >= 0.6 is 0 Å². The zero-order valence-corrected chi connectivity index (χ0v) is 24.1. The molecule has 35 heavy (non-hydrogen) atoms. The molecule has 4 aliphatic carbocycles. The average Bonchev–Trinajstić information content (AvgIpc) is 3.42. The Balaban J connectivity index is 1.28. The van der Waals surface area contributed by atoms with Crippen molar-refractivity contribution in [3.8, 4) is 0 Å². The molecular weight excluding hydrogens is 432 g/mol. The van der Waals surface area contributed by atoms with Gasteiger partial charge in [-0.15, -0.1) is 0 Å². The minimum absolute atomic E-state index is 0.0270. The van der Waals surface area contributed by atoms with E-state index in [2.05, 4.69) is 34.6 Å². The van der Waals surface area contributed by atoms with E-state index >= 15 is 0 Å². The molecule has 0 amide bonds. The van der Waals surface area contributed by atoms with Gasteiger partial charge >= 0.3 is 5.97 Å². The number of epoxide rings is 1. The summed E-state index contributed by atoms with van der Waals surface area (Å²) in [5.74, 6) is 4.68. The highest BCUT2D eigenvalue weighted by molar-refractivity contribution is 5.75. The van der Waals surface area contributed by atoms with Gasteiger partial charge in [-0.3, -0.25) is 4.79 Å². The van der Waals surface area contributed by atoms with Crippen LogP contribution in [0.3, 0.4) is 0 Å². The second-order valence-corrected chi connectivity index (χ2v) is 15.5. The fraction of sp³-hybridized carbons (Fsp3) is 0.969. The van der Waals surface area contributed by atoms with Gasteiger partial charge in [0.2, 0.25) is 0 Å². The fourth-order valence-corrected chi connectivity index (χ4v) is 10.0. The summed E-state index contributed by atoms with van der Waals surface area (Å²) in [4.78, 5) is 12.6. The predicted octanol–water partition coefficient (Wildman–Crippen LogP) is 8.20. The van der Waals surface area contributed by atoms with Crippen molar-refractivity contribution in [1.82, 2.24) is 0 Å². The molecule has 1 unspecified atom stereocenters. The molecule has 1 heterocycles. The number of esters is 1. The Morgan fingerprint density at radius 2 is 1.71 bits per heavy atom. The molecule has 0 aromatic rings.